The Morgan fingerprint density at radius 3 is 2.62 bits per heavy atom. The quantitative estimate of drug-likeness (QED) is 0.380. The van der Waals surface area contributed by atoms with Crippen molar-refractivity contribution in [1.29, 1.82) is 0 Å². The summed E-state index contributed by atoms with van der Waals surface area (Å²) >= 11 is 1.87. The summed E-state index contributed by atoms with van der Waals surface area (Å²) in [6.45, 7) is 4.59. The minimum atomic E-state index is -0.124. The number of carbonyl (C=O) groups is 2. The average molecular weight is 545 g/mol. The van der Waals surface area contributed by atoms with Gasteiger partial charge in [0.15, 0.2) is 5.76 Å². The standard InChI is InChI=1S/C32H36N2O4S/c1-22-5-4-8-25(19-22)30-28-20-26(10-9-23(28)13-14-34(30)31(35)24-6-2-3-7-24)37-21-27-11-12-29(38-27)32(36)33-15-17-39-18-16-33/h4-5,8-12,19-20,24,30H,2-3,6-7,13-18,21H2,1H3. The lowest BCUT2D eigenvalue weighted by Gasteiger charge is -2.39. The fourth-order valence-electron chi connectivity index (χ4n) is 6.17. The zero-order chi connectivity index (χ0) is 26.8. The van der Waals surface area contributed by atoms with Gasteiger partial charge in [0.05, 0.1) is 6.04 Å². The lowest BCUT2D eigenvalue weighted by molar-refractivity contribution is -0.137. The highest BCUT2D eigenvalue weighted by Crippen LogP contribution is 2.40. The number of thioether (sulfide) groups is 1. The van der Waals surface area contributed by atoms with Crippen molar-refractivity contribution < 1.29 is 18.7 Å². The van der Waals surface area contributed by atoms with E-state index in [0.717, 1.165) is 80.1 Å². The number of benzene rings is 2. The Labute approximate surface area is 234 Å². The molecule has 39 heavy (non-hydrogen) atoms. The normalized spacial score (nSPS) is 19.7. The van der Waals surface area contributed by atoms with Gasteiger partial charge in [0.2, 0.25) is 5.91 Å². The van der Waals surface area contributed by atoms with E-state index in [0.29, 0.717) is 11.5 Å². The van der Waals surface area contributed by atoms with Gasteiger partial charge < -0.3 is 19.0 Å². The maximum atomic E-state index is 13.7. The lowest BCUT2D eigenvalue weighted by atomic mass is 9.86. The van der Waals surface area contributed by atoms with Crippen molar-refractivity contribution in [3.05, 3.63) is 88.4 Å². The number of rotatable bonds is 6. The molecule has 2 aliphatic heterocycles. The van der Waals surface area contributed by atoms with Gasteiger partial charge in [0, 0.05) is 37.1 Å². The molecule has 1 aromatic heterocycles. The highest BCUT2D eigenvalue weighted by Gasteiger charge is 2.36. The maximum Gasteiger partial charge on any atom is 0.289 e. The lowest BCUT2D eigenvalue weighted by Crippen LogP contribution is -2.43. The second-order valence-corrected chi connectivity index (χ2v) is 12.1. The third kappa shape index (κ3) is 5.60. The Bertz CT molecular complexity index is 1340. The Morgan fingerprint density at radius 1 is 1.00 bits per heavy atom. The second-order valence-electron chi connectivity index (χ2n) is 10.9. The molecule has 2 fully saturated rings. The van der Waals surface area contributed by atoms with Crippen LogP contribution in [-0.4, -0.2) is 52.8 Å². The second kappa shape index (κ2) is 11.5. The van der Waals surface area contributed by atoms with E-state index in [1.807, 2.05) is 28.8 Å². The van der Waals surface area contributed by atoms with Crippen LogP contribution in [0, 0.1) is 12.8 Å². The van der Waals surface area contributed by atoms with Crippen LogP contribution in [-0.2, 0) is 17.8 Å². The Kier molecular flexibility index (Phi) is 7.69. The van der Waals surface area contributed by atoms with Crippen LogP contribution < -0.4 is 4.74 Å². The van der Waals surface area contributed by atoms with Crippen molar-refractivity contribution in [2.45, 2.75) is 51.7 Å². The molecule has 0 radical (unpaired) electrons. The summed E-state index contributed by atoms with van der Waals surface area (Å²) in [7, 11) is 0. The summed E-state index contributed by atoms with van der Waals surface area (Å²) in [6.07, 6.45) is 5.12. The summed E-state index contributed by atoms with van der Waals surface area (Å²) < 4.78 is 12.0. The van der Waals surface area contributed by atoms with Crippen molar-refractivity contribution in [1.82, 2.24) is 9.80 Å². The van der Waals surface area contributed by atoms with Gasteiger partial charge in [-0.25, -0.2) is 0 Å². The van der Waals surface area contributed by atoms with Crippen molar-refractivity contribution in [2.24, 2.45) is 5.92 Å². The first kappa shape index (κ1) is 26.1. The first-order chi connectivity index (χ1) is 19.1. The van der Waals surface area contributed by atoms with Crippen molar-refractivity contribution in [2.75, 3.05) is 31.1 Å². The highest BCUT2D eigenvalue weighted by molar-refractivity contribution is 7.99. The van der Waals surface area contributed by atoms with E-state index in [1.165, 1.54) is 11.1 Å². The number of hydrogen-bond donors (Lipinski definition) is 0. The van der Waals surface area contributed by atoms with Crippen molar-refractivity contribution in [3.63, 3.8) is 0 Å². The molecule has 0 bridgehead atoms. The van der Waals surface area contributed by atoms with Gasteiger partial charge >= 0.3 is 0 Å². The fourth-order valence-corrected chi connectivity index (χ4v) is 7.08. The van der Waals surface area contributed by atoms with E-state index in [-0.39, 0.29) is 30.4 Å². The van der Waals surface area contributed by atoms with Crippen LogP contribution >= 0.6 is 11.8 Å². The smallest absolute Gasteiger partial charge is 0.289 e. The van der Waals surface area contributed by atoms with Gasteiger partial charge in [-0.15, -0.1) is 0 Å². The molecular formula is C32H36N2O4S. The van der Waals surface area contributed by atoms with Gasteiger partial charge in [0.1, 0.15) is 18.1 Å². The van der Waals surface area contributed by atoms with Gasteiger partial charge in [-0.05, 0) is 67.1 Å². The molecule has 7 heteroatoms. The maximum absolute atomic E-state index is 13.7. The number of hydrogen-bond acceptors (Lipinski definition) is 5. The molecule has 1 saturated heterocycles. The zero-order valence-corrected chi connectivity index (χ0v) is 23.4. The summed E-state index contributed by atoms with van der Waals surface area (Å²) in [5, 5.41) is 0. The zero-order valence-electron chi connectivity index (χ0n) is 22.6. The first-order valence-electron chi connectivity index (χ1n) is 14.2. The molecule has 1 aliphatic carbocycles. The van der Waals surface area contributed by atoms with Crippen LogP contribution in [0.1, 0.15) is 70.3 Å². The van der Waals surface area contributed by atoms with Crippen LogP contribution in [0.2, 0.25) is 0 Å². The van der Waals surface area contributed by atoms with Crippen LogP contribution in [0.4, 0.5) is 0 Å². The molecule has 1 atom stereocenters. The van der Waals surface area contributed by atoms with E-state index in [4.69, 9.17) is 9.15 Å². The number of aryl methyl sites for hydroxylation is 1. The fraction of sp³-hybridized carbons (Fsp3) is 0.438. The van der Waals surface area contributed by atoms with E-state index >= 15 is 0 Å². The third-order valence-corrected chi connectivity index (χ3v) is 9.19. The van der Waals surface area contributed by atoms with Crippen LogP contribution in [0.5, 0.6) is 5.75 Å². The minimum Gasteiger partial charge on any atom is -0.486 e. The molecule has 0 N–H and O–H groups in total. The molecule has 1 unspecified atom stereocenters. The number of ether oxygens (including phenoxy) is 1. The van der Waals surface area contributed by atoms with E-state index in [2.05, 4.69) is 48.2 Å². The number of nitrogens with zero attached hydrogens (tertiary/aromatic N) is 2. The molecule has 2 amide bonds. The predicted molar refractivity (Wildman–Crippen MR) is 153 cm³/mol. The monoisotopic (exact) mass is 544 g/mol. The molecule has 3 aliphatic rings. The summed E-state index contributed by atoms with van der Waals surface area (Å²) in [6, 6.07) is 18.2. The molecule has 1 saturated carbocycles. The predicted octanol–water partition coefficient (Wildman–Crippen LogP) is 6.02. The molecular weight excluding hydrogens is 508 g/mol. The van der Waals surface area contributed by atoms with Gasteiger partial charge in [0.25, 0.3) is 5.91 Å². The summed E-state index contributed by atoms with van der Waals surface area (Å²) in [5.41, 5.74) is 4.72. The largest absolute Gasteiger partial charge is 0.486 e. The molecule has 6 nitrogen and oxygen atoms in total. The Balaban J connectivity index is 1.22. The molecule has 3 aromatic rings. The minimum absolute atomic E-state index is 0.0525. The number of amides is 2. The topological polar surface area (TPSA) is 63.0 Å². The van der Waals surface area contributed by atoms with Gasteiger partial charge in [-0.3, -0.25) is 9.59 Å². The van der Waals surface area contributed by atoms with E-state index in [1.54, 1.807) is 6.07 Å². The number of furan rings is 1. The number of fused-ring (bicyclic) bond motifs is 1. The third-order valence-electron chi connectivity index (χ3n) is 8.24. The van der Waals surface area contributed by atoms with Crippen LogP contribution in [0.25, 0.3) is 0 Å². The van der Waals surface area contributed by atoms with Gasteiger partial charge in [-0.1, -0.05) is 48.7 Å². The number of carbonyl (C=O) groups excluding carboxylic acids is 2. The van der Waals surface area contributed by atoms with Crippen LogP contribution in [0.15, 0.2) is 59.0 Å². The van der Waals surface area contributed by atoms with Crippen LogP contribution in [0.3, 0.4) is 0 Å². The Hall–Kier alpha value is -3.19. The molecule has 6 rings (SSSR count). The van der Waals surface area contributed by atoms with Crippen molar-refractivity contribution >= 4 is 23.6 Å². The molecule has 2 aromatic carbocycles. The SMILES string of the molecule is Cc1cccc(C2c3cc(OCc4ccc(C(=O)N5CCSCC5)o4)ccc3CCN2C(=O)C2CCCC2)c1. The van der Waals surface area contributed by atoms with E-state index < -0.39 is 0 Å². The molecule has 204 valence electrons. The first-order valence-corrected chi connectivity index (χ1v) is 15.3. The molecule has 3 heterocycles. The molecule has 0 spiro atoms. The Morgan fingerprint density at radius 2 is 1.82 bits per heavy atom. The summed E-state index contributed by atoms with van der Waals surface area (Å²) in [4.78, 5) is 30.4. The van der Waals surface area contributed by atoms with Gasteiger partial charge in [-0.2, -0.15) is 11.8 Å². The summed E-state index contributed by atoms with van der Waals surface area (Å²) in [5.74, 6) is 4.03. The van der Waals surface area contributed by atoms with E-state index in [9.17, 15) is 9.59 Å². The van der Waals surface area contributed by atoms with Crippen molar-refractivity contribution in [3.8, 4) is 5.75 Å². The highest BCUT2D eigenvalue weighted by atomic mass is 32.2. The average Bonchev–Trinajstić information content (AvgIpc) is 3.68.